The Morgan fingerprint density at radius 3 is 1.67 bits per heavy atom. The van der Waals surface area contributed by atoms with Gasteiger partial charge < -0.3 is 14.2 Å². The zero-order valence-corrected chi connectivity index (χ0v) is 12.6. The molecular formula is C12H10N2O10. The highest BCUT2D eigenvalue weighted by Crippen LogP contribution is 2.36. The highest BCUT2D eigenvalue weighted by molar-refractivity contribution is 6.11. The summed E-state index contributed by atoms with van der Waals surface area (Å²) in [5.41, 5.74) is -5.23. The van der Waals surface area contributed by atoms with E-state index in [0.717, 1.165) is 21.3 Å². The Kier molecular flexibility index (Phi) is 5.49. The molecule has 1 aromatic rings. The highest BCUT2D eigenvalue weighted by Gasteiger charge is 2.41. The Bertz CT molecular complexity index is 755. The van der Waals surface area contributed by atoms with Gasteiger partial charge in [0, 0.05) is 6.07 Å². The number of esters is 3. The number of hydrogen-bond acceptors (Lipinski definition) is 10. The summed E-state index contributed by atoms with van der Waals surface area (Å²) in [6.07, 6.45) is 0. The summed E-state index contributed by atoms with van der Waals surface area (Å²) in [4.78, 5) is 55.5. The molecule has 0 radical (unpaired) electrons. The van der Waals surface area contributed by atoms with Crippen molar-refractivity contribution in [2.45, 2.75) is 0 Å². The number of ether oxygens (including phenoxy) is 3. The summed E-state index contributed by atoms with van der Waals surface area (Å²) < 4.78 is 13.0. The molecule has 24 heavy (non-hydrogen) atoms. The first-order chi connectivity index (χ1) is 11.2. The molecule has 0 aromatic heterocycles. The lowest BCUT2D eigenvalue weighted by Crippen LogP contribution is -2.19. The fraction of sp³-hybridized carbons (Fsp3) is 0.250. The van der Waals surface area contributed by atoms with E-state index in [0.29, 0.717) is 6.07 Å². The van der Waals surface area contributed by atoms with Crippen LogP contribution in [-0.2, 0) is 14.2 Å². The number of nitrogens with zero attached hydrogens (tertiary/aromatic N) is 2. The average molecular weight is 342 g/mol. The zero-order chi connectivity index (χ0) is 18.6. The van der Waals surface area contributed by atoms with Gasteiger partial charge in [-0.25, -0.2) is 14.4 Å². The second-order valence-electron chi connectivity index (χ2n) is 4.03. The van der Waals surface area contributed by atoms with E-state index >= 15 is 0 Å². The predicted molar refractivity (Wildman–Crippen MR) is 73.8 cm³/mol. The molecule has 0 aliphatic carbocycles. The summed E-state index contributed by atoms with van der Waals surface area (Å²) in [6.45, 7) is 0. The molecule has 0 amide bonds. The molecule has 0 aliphatic rings. The van der Waals surface area contributed by atoms with Crippen LogP contribution in [0.3, 0.4) is 0 Å². The smallest absolute Gasteiger partial charge is 0.352 e. The largest absolute Gasteiger partial charge is 0.465 e. The fourth-order valence-corrected chi connectivity index (χ4v) is 1.86. The van der Waals surface area contributed by atoms with E-state index in [1.165, 1.54) is 0 Å². The Labute approximate surface area is 133 Å². The molecule has 12 nitrogen and oxygen atoms in total. The van der Waals surface area contributed by atoms with Crippen molar-refractivity contribution >= 4 is 29.3 Å². The molecule has 128 valence electrons. The van der Waals surface area contributed by atoms with E-state index in [-0.39, 0.29) is 0 Å². The average Bonchev–Trinajstić information content (AvgIpc) is 2.57. The lowest BCUT2D eigenvalue weighted by molar-refractivity contribution is -0.395. The number of rotatable bonds is 5. The Morgan fingerprint density at radius 2 is 1.29 bits per heavy atom. The SMILES string of the molecule is COC(=O)c1cc([N+](=O)[O-])c(C(=O)OC)c([N+](=O)[O-])c1C(=O)OC. The van der Waals surface area contributed by atoms with Gasteiger partial charge in [0.1, 0.15) is 0 Å². The normalized spacial score (nSPS) is 9.79. The molecule has 0 heterocycles. The van der Waals surface area contributed by atoms with Crippen LogP contribution in [0.2, 0.25) is 0 Å². The van der Waals surface area contributed by atoms with Crippen molar-refractivity contribution in [2.24, 2.45) is 0 Å². The molecule has 0 saturated heterocycles. The van der Waals surface area contributed by atoms with Crippen molar-refractivity contribution in [3.8, 4) is 0 Å². The molecule has 0 N–H and O–H groups in total. The van der Waals surface area contributed by atoms with Crippen LogP contribution in [-0.4, -0.2) is 49.1 Å². The third-order valence-corrected chi connectivity index (χ3v) is 2.84. The molecule has 0 atom stereocenters. The van der Waals surface area contributed by atoms with E-state index in [9.17, 15) is 34.6 Å². The molecule has 0 unspecified atom stereocenters. The molecule has 0 fully saturated rings. The maximum atomic E-state index is 11.9. The van der Waals surface area contributed by atoms with Crippen LogP contribution in [0.15, 0.2) is 6.07 Å². The first kappa shape index (κ1) is 18.5. The molecule has 0 saturated carbocycles. The third kappa shape index (κ3) is 3.11. The van der Waals surface area contributed by atoms with E-state index in [2.05, 4.69) is 14.2 Å². The quantitative estimate of drug-likeness (QED) is 0.324. The van der Waals surface area contributed by atoms with Crippen molar-refractivity contribution in [1.29, 1.82) is 0 Å². The van der Waals surface area contributed by atoms with Gasteiger partial charge in [0.25, 0.3) is 5.69 Å². The van der Waals surface area contributed by atoms with Crippen LogP contribution < -0.4 is 0 Å². The van der Waals surface area contributed by atoms with Crippen molar-refractivity contribution in [3.05, 3.63) is 43.0 Å². The van der Waals surface area contributed by atoms with Gasteiger partial charge in [0.15, 0.2) is 5.56 Å². The molecular weight excluding hydrogens is 332 g/mol. The Morgan fingerprint density at radius 1 is 0.833 bits per heavy atom. The molecule has 12 heteroatoms. The molecule has 1 aromatic carbocycles. The minimum atomic E-state index is -1.44. The number of nitro groups is 2. The second kappa shape index (κ2) is 7.13. The van der Waals surface area contributed by atoms with Gasteiger partial charge in [-0.3, -0.25) is 20.2 Å². The topological polar surface area (TPSA) is 165 Å². The number of benzene rings is 1. The van der Waals surface area contributed by atoms with Crippen LogP contribution in [0.25, 0.3) is 0 Å². The standard InChI is InChI=1S/C12H10N2O10/c1-22-10(15)5-4-6(13(18)19)8(12(17)24-3)9(14(20)21)7(5)11(16)23-2/h4H,1-3H3. The van der Waals surface area contributed by atoms with Crippen molar-refractivity contribution in [1.82, 2.24) is 0 Å². The Balaban J connectivity index is 4.13. The fourth-order valence-electron chi connectivity index (χ4n) is 1.86. The number of hydrogen-bond donors (Lipinski definition) is 0. The summed E-state index contributed by atoms with van der Waals surface area (Å²) in [5, 5.41) is 22.5. The van der Waals surface area contributed by atoms with E-state index in [4.69, 9.17) is 0 Å². The van der Waals surface area contributed by atoms with Crippen molar-refractivity contribution in [3.63, 3.8) is 0 Å². The maximum absolute atomic E-state index is 11.9. The summed E-state index contributed by atoms with van der Waals surface area (Å²) in [7, 11) is 2.60. The third-order valence-electron chi connectivity index (χ3n) is 2.84. The zero-order valence-electron chi connectivity index (χ0n) is 12.6. The van der Waals surface area contributed by atoms with Crippen molar-refractivity contribution in [2.75, 3.05) is 21.3 Å². The molecule has 0 spiro atoms. The monoisotopic (exact) mass is 342 g/mol. The van der Waals surface area contributed by atoms with Crippen LogP contribution in [0.4, 0.5) is 11.4 Å². The van der Waals surface area contributed by atoms with Gasteiger partial charge in [-0.05, 0) is 0 Å². The van der Waals surface area contributed by atoms with Crippen molar-refractivity contribution < 1.29 is 38.4 Å². The summed E-state index contributed by atoms with van der Waals surface area (Å²) >= 11 is 0. The highest BCUT2D eigenvalue weighted by atomic mass is 16.6. The minimum Gasteiger partial charge on any atom is -0.465 e. The van der Waals surface area contributed by atoms with Gasteiger partial charge >= 0.3 is 23.6 Å². The van der Waals surface area contributed by atoms with Gasteiger partial charge in [-0.2, -0.15) is 0 Å². The van der Waals surface area contributed by atoms with E-state index < -0.39 is 55.8 Å². The van der Waals surface area contributed by atoms with Gasteiger partial charge in [0.05, 0.1) is 36.7 Å². The lowest BCUT2D eigenvalue weighted by Gasteiger charge is -2.10. The maximum Gasteiger partial charge on any atom is 0.352 e. The first-order valence-corrected chi connectivity index (χ1v) is 5.95. The summed E-state index contributed by atoms with van der Waals surface area (Å²) in [6, 6.07) is 0.511. The van der Waals surface area contributed by atoms with Gasteiger partial charge in [0.2, 0.25) is 5.56 Å². The van der Waals surface area contributed by atoms with E-state index in [1.54, 1.807) is 0 Å². The van der Waals surface area contributed by atoms with Gasteiger partial charge in [-0.1, -0.05) is 0 Å². The molecule has 0 aliphatic heterocycles. The first-order valence-electron chi connectivity index (χ1n) is 5.95. The lowest BCUT2D eigenvalue weighted by atomic mass is 9.98. The molecule has 1 rings (SSSR count). The number of carbonyl (C=O) groups is 3. The summed E-state index contributed by atoms with van der Waals surface area (Å²) in [5.74, 6) is -4.06. The van der Waals surface area contributed by atoms with Crippen LogP contribution in [0.5, 0.6) is 0 Å². The predicted octanol–water partition coefficient (Wildman–Crippen LogP) is 0.863. The van der Waals surface area contributed by atoms with Crippen LogP contribution >= 0.6 is 0 Å². The number of carbonyl (C=O) groups excluding carboxylic acids is 3. The molecule has 0 bridgehead atoms. The Hall–Kier alpha value is -3.57. The van der Waals surface area contributed by atoms with Gasteiger partial charge in [-0.15, -0.1) is 0 Å². The van der Waals surface area contributed by atoms with Crippen LogP contribution in [0, 0.1) is 20.2 Å². The number of nitro benzene ring substituents is 2. The minimum absolute atomic E-state index is 0.511. The van der Waals surface area contributed by atoms with E-state index in [1.807, 2.05) is 0 Å². The number of methoxy groups -OCH3 is 3. The second-order valence-corrected chi connectivity index (χ2v) is 4.03. The van der Waals surface area contributed by atoms with Crippen LogP contribution in [0.1, 0.15) is 31.1 Å².